The van der Waals surface area contributed by atoms with E-state index in [2.05, 4.69) is 4.98 Å². The number of carboxylic acids is 1. The topological polar surface area (TPSA) is 68.7 Å². The van der Waals surface area contributed by atoms with Gasteiger partial charge in [0.25, 0.3) is 0 Å². The molecule has 4 rings (SSSR count). The minimum atomic E-state index is -4.64. The van der Waals surface area contributed by atoms with E-state index in [0.29, 0.717) is 11.3 Å². The van der Waals surface area contributed by atoms with E-state index in [1.54, 1.807) is 48.8 Å². The summed E-state index contributed by atoms with van der Waals surface area (Å²) in [6.07, 6.45) is 0.558. The van der Waals surface area contributed by atoms with Crippen molar-refractivity contribution in [2.75, 3.05) is 0 Å². The van der Waals surface area contributed by atoms with Crippen molar-refractivity contribution in [3.8, 4) is 11.5 Å². The summed E-state index contributed by atoms with van der Waals surface area (Å²) in [6, 6.07) is 13.5. The maximum atomic E-state index is 13.8. The number of carbonyl (C=O) groups is 1. The van der Waals surface area contributed by atoms with E-state index in [1.807, 2.05) is 6.07 Å². The minimum Gasteiger partial charge on any atom is -0.485 e. The molecule has 0 spiro atoms. The van der Waals surface area contributed by atoms with Crippen LogP contribution in [0.2, 0.25) is 0 Å². The van der Waals surface area contributed by atoms with Crippen molar-refractivity contribution in [2.45, 2.75) is 31.5 Å². The van der Waals surface area contributed by atoms with E-state index in [1.165, 1.54) is 12.1 Å². The van der Waals surface area contributed by atoms with Gasteiger partial charge >= 0.3 is 12.1 Å². The molecular weight excluding hydrogens is 435 g/mol. The number of hydrogen-bond acceptors (Lipinski definition) is 4. The summed E-state index contributed by atoms with van der Waals surface area (Å²) < 4.78 is 53.0. The number of fused-ring (bicyclic) bond motifs is 1. The van der Waals surface area contributed by atoms with Crippen molar-refractivity contribution in [3.63, 3.8) is 0 Å². The van der Waals surface area contributed by atoms with Crippen molar-refractivity contribution in [1.82, 2.24) is 4.98 Å². The molecule has 1 atom stereocenters. The molecule has 0 saturated carbocycles. The van der Waals surface area contributed by atoms with Gasteiger partial charge in [-0.3, -0.25) is 9.78 Å². The number of allylic oxidation sites excluding steroid dienone is 1. The number of benzene rings is 2. The molecule has 1 heterocycles. The second-order valence-corrected chi connectivity index (χ2v) is 7.53. The fraction of sp³-hybridized carbons (Fsp3) is 0.200. The summed E-state index contributed by atoms with van der Waals surface area (Å²) in [4.78, 5) is 14.8. The zero-order valence-corrected chi connectivity index (χ0v) is 17.4. The molecule has 8 heteroatoms. The van der Waals surface area contributed by atoms with E-state index in [9.17, 15) is 18.0 Å². The van der Waals surface area contributed by atoms with Crippen LogP contribution in [-0.2, 0) is 11.2 Å². The van der Waals surface area contributed by atoms with Crippen LogP contribution in [0, 0.1) is 0 Å². The van der Waals surface area contributed by atoms with Crippen molar-refractivity contribution in [3.05, 3.63) is 90.0 Å². The van der Waals surface area contributed by atoms with E-state index in [4.69, 9.17) is 14.6 Å². The monoisotopic (exact) mass is 455 g/mol. The van der Waals surface area contributed by atoms with Gasteiger partial charge < -0.3 is 14.6 Å². The average molecular weight is 455 g/mol. The maximum Gasteiger partial charge on any atom is 0.419 e. The Morgan fingerprint density at radius 2 is 1.97 bits per heavy atom. The fourth-order valence-corrected chi connectivity index (χ4v) is 3.58. The Morgan fingerprint density at radius 1 is 1.15 bits per heavy atom. The highest BCUT2D eigenvalue weighted by Crippen LogP contribution is 2.37. The second kappa shape index (κ2) is 9.36. The third kappa shape index (κ3) is 5.52. The molecule has 1 aliphatic rings. The van der Waals surface area contributed by atoms with Gasteiger partial charge in [-0.15, -0.1) is 0 Å². The van der Waals surface area contributed by atoms with Crippen LogP contribution in [0.15, 0.2) is 84.4 Å². The number of aryl methyl sites for hydroxylation is 1. The first-order valence-corrected chi connectivity index (χ1v) is 10.3. The highest BCUT2D eigenvalue weighted by molar-refractivity contribution is 5.87. The van der Waals surface area contributed by atoms with Gasteiger partial charge in [-0.1, -0.05) is 24.3 Å². The normalized spacial score (nSPS) is 16.2. The van der Waals surface area contributed by atoms with E-state index in [-0.39, 0.29) is 30.8 Å². The average Bonchev–Trinajstić information content (AvgIpc) is 2.78. The summed E-state index contributed by atoms with van der Waals surface area (Å²) in [6.45, 7) is 0. The number of alkyl halides is 3. The lowest BCUT2D eigenvalue weighted by Crippen LogP contribution is -2.25. The number of pyridine rings is 1. The summed E-state index contributed by atoms with van der Waals surface area (Å²) >= 11 is 0. The molecule has 0 saturated heterocycles. The van der Waals surface area contributed by atoms with Gasteiger partial charge in [0.05, 0.1) is 5.57 Å². The molecule has 5 nitrogen and oxygen atoms in total. The zero-order chi connectivity index (χ0) is 23.4. The van der Waals surface area contributed by atoms with Gasteiger partial charge in [-0.05, 0) is 48.4 Å². The Bertz CT molecular complexity index is 1230. The number of nitrogens with zero attached hydrogens (tertiary/aromatic N) is 1. The maximum absolute atomic E-state index is 13.8. The Labute approximate surface area is 187 Å². The Balaban J connectivity index is 1.55. The standard InChI is InChI=1S/C25H20F3NO4/c26-25(27,28)21-14-19(32-22-6-2-4-17-15-29-12-11-20(17)22)8-9-23(21)33-18-5-1-3-16(13-18)7-10-24(30)31/h1-6,9,11-15,19H,7-8,10H2,(H,30,31). The first-order chi connectivity index (χ1) is 15.8. The Hall–Kier alpha value is -3.81. The van der Waals surface area contributed by atoms with Crippen LogP contribution >= 0.6 is 0 Å². The van der Waals surface area contributed by atoms with Crippen molar-refractivity contribution < 1.29 is 32.5 Å². The van der Waals surface area contributed by atoms with Gasteiger partial charge in [0.15, 0.2) is 0 Å². The minimum absolute atomic E-state index is 0.0803. The van der Waals surface area contributed by atoms with Gasteiger partial charge in [-0.25, -0.2) is 0 Å². The lowest BCUT2D eigenvalue weighted by Gasteiger charge is -2.25. The summed E-state index contributed by atoms with van der Waals surface area (Å²) in [5, 5.41) is 10.4. The van der Waals surface area contributed by atoms with Crippen LogP contribution in [0.25, 0.3) is 10.8 Å². The predicted octanol–water partition coefficient (Wildman–Crippen LogP) is 5.85. The third-order valence-electron chi connectivity index (χ3n) is 5.13. The van der Waals surface area contributed by atoms with Crippen LogP contribution in [0.4, 0.5) is 13.2 Å². The van der Waals surface area contributed by atoms with Gasteiger partial charge in [0.2, 0.25) is 0 Å². The number of carboxylic acid groups (broad SMARTS) is 1. The molecule has 0 bridgehead atoms. The number of halogens is 3. The zero-order valence-electron chi connectivity index (χ0n) is 17.4. The first kappa shape index (κ1) is 22.4. The molecule has 0 amide bonds. The number of ether oxygens (including phenoxy) is 2. The van der Waals surface area contributed by atoms with E-state index < -0.39 is 23.8 Å². The summed E-state index contributed by atoms with van der Waals surface area (Å²) in [5.74, 6) is -0.575. The SMILES string of the molecule is O=C(O)CCc1cccc(OC2=CCC(Oc3cccc4cnccc34)C=C2C(F)(F)F)c1. The summed E-state index contributed by atoms with van der Waals surface area (Å²) in [7, 11) is 0. The van der Waals surface area contributed by atoms with Crippen molar-refractivity contribution >= 4 is 16.7 Å². The highest BCUT2D eigenvalue weighted by atomic mass is 19.4. The third-order valence-corrected chi connectivity index (χ3v) is 5.13. The molecule has 0 aliphatic heterocycles. The Kier molecular flexibility index (Phi) is 6.35. The lowest BCUT2D eigenvalue weighted by molar-refractivity contribution is -0.136. The quantitative estimate of drug-likeness (QED) is 0.484. The summed E-state index contributed by atoms with van der Waals surface area (Å²) in [5.41, 5.74) is -0.257. The molecule has 2 aromatic carbocycles. The fourth-order valence-electron chi connectivity index (χ4n) is 3.58. The molecule has 33 heavy (non-hydrogen) atoms. The molecule has 3 aromatic rings. The van der Waals surface area contributed by atoms with Crippen LogP contribution < -0.4 is 9.47 Å². The molecule has 1 unspecified atom stereocenters. The second-order valence-electron chi connectivity index (χ2n) is 7.53. The molecule has 0 fully saturated rings. The lowest BCUT2D eigenvalue weighted by atomic mass is 10.0. The van der Waals surface area contributed by atoms with E-state index in [0.717, 1.165) is 16.8 Å². The predicted molar refractivity (Wildman–Crippen MR) is 116 cm³/mol. The van der Waals surface area contributed by atoms with Gasteiger partial charge in [-0.2, -0.15) is 13.2 Å². The van der Waals surface area contributed by atoms with Gasteiger partial charge in [0, 0.05) is 36.0 Å². The molecule has 1 aromatic heterocycles. The van der Waals surface area contributed by atoms with Gasteiger partial charge in [0.1, 0.15) is 23.4 Å². The van der Waals surface area contributed by atoms with E-state index >= 15 is 0 Å². The van der Waals surface area contributed by atoms with Crippen LogP contribution in [0.3, 0.4) is 0 Å². The molecule has 0 radical (unpaired) electrons. The molecule has 1 aliphatic carbocycles. The number of aliphatic carboxylic acids is 1. The highest BCUT2D eigenvalue weighted by Gasteiger charge is 2.40. The Morgan fingerprint density at radius 3 is 2.76 bits per heavy atom. The molecule has 170 valence electrons. The largest absolute Gasteiger partial charge is 0.485 e. The number of hydrogen-bond donors (Lipinski definition) is 1. The number of rotatable bonds is 7. The molecule has 1 N–H and O–H groups in total. The van der Waals surface area contributed by atoms with Crippen molar-refractivity contribution in [1.29, 1.82) is 0 Å². The first-order valence-electron chi connectivity index (χ1n) is 10.3. The van der Waals surface area contributed by atoms with Crippen LogP contribution in [0.5, 0.6) is 11.5 Å². The number of aromatic nitrogens is 1. The molecular formula is C25H20F3NO4. The smallest absolute Gasteiger partial charge is 0.419 e. The van der Waals surface area contributed by atoms with Crippen LogP contribution in [-0.4, -0.2) is 28.3 Å². The van der Waals surface area contributed by atoms with Crippen LogP contribution in [0.1, 0.15) is 18.4 Å². The van der Waals surface area contributed by atoms with Crippen molar-refractivity contribution in [2.24, 2.45) is 0 Å².